The van der Waals surface area contributed by atoms with E-state index in [9.17, 15) is 13.2 Å². The van der Waals surface area contributed by atoms with Gasteiger partial charge in [-0.2, -0.15) is 8.42 Å². The van der Waals surface area contributed by atoms with Crippen molar-refractivity contribution in [2.75, 3.05) is 26.2 Å². The number of nitrogens with one attached hydrogen (secondary N) is 3. The molecule has 2 aliphatic heterocycles. The van der Waals surface area contributed by atoms with Gasteiger partial charge in [-0.25, -0.2) is 10.6 Å². The normalized spacial score (nSPS) is 26.1. The van der Waals surface area contributed by atoms with Crippen molar-refractivity contribution < 1.29 is 17.9 Å². The van der Waals surface area contributed by atoms with Gasteiger partial charge in [0.2, 0.25) is 5.91 Å². The second-order valence-electron chi connectivity index (χ2n) is 11.7. The molecule has 2 heterocycles. The van der Waals surface area contributed by atoms with E-state index in [1.807, 2.05) is 24.8 Å². The molecule has 1 atom stereocenters. The predicted octanol–water partition coefficient (Wildman–Crippen LogP) is 2.74. The summed E-state index contributed by atoms with van der Waals surface area (Å²) in [7, 11) is -3.87. The van der Waals surface area contributed by atoms with E-state index in [0.29, 0.717) is 18.4 Å². The number of amides is 1. The lowest BCUT2D eigenvalue weighted by Crippen LogP contribution is -2.59. The number of rotatable bonds is 9. The molecule has 1 aromatic rings. The van der Waals surface area contributed by atoms with Crippen molar-refractivity contribution in [3.63, 3.8) is 0 Å². The quantitative estimate of drug-likeness (QED) is 0.285. The highest BCUT2D eigenvalue weighted by molar-refractivity contribution is 7.87. The summed E-state index contributed by atoms with van der Waals surface area (Å²) in [5.41, 5.74) is 4.48. The first-order chi connectivity index (χ1) is 17.5. The lowest BCUT2D eigenvalue weighted by Gasteiger charge is -2.52. The van der Waals surface area contributed by atoms with E-state index in [2.05, 4.69) is 41.6 Å². The number of benzene rings is 1. The number of piperidine rings is 1. The summed E-state index contributed by atoms with van der Waals surface area (Å²) < 4.78 is 28.9. The molecule has 1 aromatic carbocycles. The highest BCUT2D eigenvalue weighted by Crippen LogP contribution is 2.51. The van der Waals surface area contributed by atoms with Crippen molar-refractivity contribution in [1.82, 2.24) is 20.5 Å². The summed E-state index contributed by atoms with van der Waals surface area (Å²) in [6, 6.07) is 6.27. The molecule has 10 heteroatoms. The van der Waals surface area contributed by atoms with Gasteiger partial charge in [0, 0.05) is 13.1 Å². The number of carbonyl (C=O) groups is 1. The number of nitrogens with two attached hydrogens (primary N) is 1. The summed E-state index contributed by atoms with van der Waals surface area (Å²) >= 11 is 0. The van der Waals surface area contributed by atoms with Crippen LogP contribution in [0.3, 0.4) is 0 Å². The van der Waals surface area contributed by atoms with Gasteiger partial charge in [0.05, 0.1) is 17.6 Å². The van der Waals surface area contributed by atoms with Gasteiger partial charge >= 0.3 is 0 Å². The molecule has 3 aliphatic rings. The minimum atomic E-state index is -3.87. The average Bonchev–Trinajstić information content (AvgIpc) is 2.84. The fourth-order valence-electron chi connectivity index (χ4n) is 6.79. The number of carbonyl (C=O) groups excluding carboxylic acids is 1. The second-order valence-corrected chi connectivity index (χ2v) is 13.0. The first-order valence-corrected chi connectivity index (χ1v) is 15.4. The van der Waals surface area contributed by atoms with E-state index in [0.717, 1.165) is 56.0 Å². The third-order valence-corrected chi connectivity index (χ3v) is 9.02. The Hall–Kier alpha value is -1.72. The molecule has 5 N–H and O–H groups in total. The van der Waals surface area contributed by atoms with Gasteiger partial charge in [-0.3, -0.25) is 4.79 Å². The Balaban J connectivity index is 1.73. The van der Waals surface area contributed by atoms with Crippen LogP contribution in [0.15, 0.2) is 18.2 Å². The van der Waals surface area contributed by atoms with E-state index in [1.54, 1.807) is 0 Å². The molecule has 0 bridgehead atoms. The largest absolute Gasteiger partial charge is 0.491 e. The van der Waals surface area contributed by atoms with Gasteiger partial charge < -0.3 is 15.0 Å². The summed E-state index contributed by atoms with van der Waals surface area (Å²) in [5.74, 6) is 2.72. The highest BCUT2D eigenvalue weighted by atomic mass is 32.2. The van der Waals surface area contributed by atoms with E-state index >= 15 is 0 Å². The van der Waals surface area contributed by atoms with Crippen LogP contribution in [0.4, 0.5) is 0 Å². The van der Waals surface area contributed by atoms with Crippen LogP contribution >= 0.6 is 0 Å². The van der Waals surface area contributed by atoms with Gasteiger partial charge in [0.25, 0.3) is 10.2 Å². The van der Waals surface area contributed by atoms with Crippen LogP contribution in [-0.2, 0) is 20.4 Å². The summed E-state index contributed by atoms with van der Waals surface area (Å²) in [5, 5.41) is 8.51. The minimum absolute atomic E-state index is 0.0561. The van der Waals surface area contributed by atoms with E-state index in [1.165, 1.54) is 18.4 Å². The van der Waals surface area contributed by atoms with Crippen LogP contribution in [0.1, 0.15) is 83.4 Å². The number of hydrazine groups is 1. The molecule has 1 unspecified atom stereocenters. The molecule has 1 spiro atoms. The molecule has 1 amide bonds. The number of hydrogen-bond acceptors (Lipinski definition) is 6. The Morgan fingerprint density at radius 1 is 1.14 bits per heavy atom. The topological polar surface area (TPSA) is 126 Å². The minimum Gasteiger partial charge on any atom is -0.491 e. The van der Waals surface area contributed by atoms with Crippen molar-refractivity contribution >= 4 is 16.1 Å². The molecule has 1 aliphatic carbocycles. The molecule has 2 fully saturated rings. The maximum atomic E-state index is 14.4. The third kappa shape index (κ3) is 6.30. The van der Waals surface area contributed by atoms with Crippen LogP contribution in [0.25, 0.3) is 0 Å². The zero-order chi connectivity index (χ0) is 26.8. The number of nitrogens with zero attached hydrogens (tertiary/aromatic N) is 1. The highest BCUT2D eigenvalue weighted by Gasteiger charge is 2.52. The number of fused-ring (bicyclic) bond motifs is 2. The second kappa shape index (κ2) is 11.6. The van der Waals surface area contributed by atoms with Crippen molar-refractivity contribution in [2.45, 2.75) is 83.8 Å². The average molecular weight is 536 g/mol. The fraction of sp³-hybridized carbons (Fsp3) is 0.741. The van der Waals surface area contributed by atoms with Crippen LogP contribution in [0.5, 0.6) is 5.75 Å². The summed E-state index contributed by atoms with van der Waals surface area (Å²) in [6.07, 6.45) is 6.02. The van der Waals surface area contributed by atoms with E-state index < -0.39 is 15.6 Å². The van der Waals surface area contributed by atoms with Gasteiger partial charge in [-0.15, -0.1) is 4.83 Å². The first kappa shape index (κ1) is 28.3. The van der Waals surface area contributed by atoms with Crippen LogP contribution < -0.4 is 25.4 Å². The number of ether oxygens (including phenoxy) is 1. The zero-order valence-corrected chi connectivity index (χ0v) is 23.6. The first-order valence-electron chi connectivity index (χ1n) is 13.9. The molecular formula is C27H45N5O4S. The molecule has 4 rings (SSSR count). The van der Waals surface area contributed by atoms with Gasteiger partial charge in [0.1, 0.15) is 5.75 Å². The summed E-state index contributed by atoms with van der Waals surface area (Å²) in [4.78, 5) is 18.6. The predicted molar refractivity (Wildman–Crippen MR) is 145 cm³/mol. The fourth-order valence-corrected chi connectivity index (χ4v) is 7.10. The Morgan fingerprint density at radius 2 is 1.81 bits per heavy atom. The van der Waals surface area contributed by atoms with Gasteiger partial charge in [-0.05, 0) is 106 Å². The lowest BCUT2D eigenvalue weighted by atomic mass is 9.63. The molecule has 208 valence electrons. The molecule has 37 heavy (non-hydrogen) atoms. The molecule has 0 aromatic heterocycles. The molecular weight excluding hydrogens is 490 g/mol. The zero-order valence-electron chi connectivity index (χ0n) is 22.8. The lowest BCUT2D eigenvalue weighted by molar-refractivity contribution is -0.145. The van der Waals surface area contributed by atoms with Gasteiger partial charge in [-0.1, -0.05) is 19.9 Å². The number of hydrogen-bond donors (Lipinski definition) is 4. The third-order valence-electron chi connectivity index (χ3n) is 8.59. The molecule has 9 nitrogen and oxygen atoms in total. The van der Waals surface area contributed by atoms with Crippen LogP contribution in [-0.4, -0.2) is 51.5 Å². The Bertz CT molecular complexity index is 1050. The van der Waals surface area contributed by atoms with Gasteiger partial charge in [0.15, 0.2) is 0 Å². The van der Waals surface area contributed by atoms with E-state index in [-0.39, 0.29) is 24.6 Å². The summed E-state index contributed by atoms with van der Waals surface area (Å²) in [6.45, 7) is 10.9. The van der Waals surface area contributed by atoms with Crippen molar-refractivity contribution in [3.8, 4) is 5.75 Å². The van der Waals surface area contributed by atoms with Crippen molar-refractivity contribution in [3.05, 3.63) is 29.3 Å². The molecule has 1 saturated heterocycles. The van der Waals surface area contributed by atoms with Crippen LogP contribution in [0.2, 0.25) is 0 Å². The van der Waals surface area contributed by atoms with E-state index in [4.69, 9.17) is 9.88 Å². The molecule has 0 radical (unpaired) electrons. The Morgan fingerprint density at radius 3 is 2.41 bits per heavy atom. The SMILES string of the molecule is CC(C)Oc1ccc2c(c1)C(C1CCC(C(C)C)CC1)N(CCNNS(N)(=O)=O)C(=O)C21CCNCC1. The standard InChI is InChI=1S/C27H45N5O4S/c1-18(2)20-5-7-21(8-6-20)25-23-17-22(36-19(3)4)9-10-24(23)27(11-13-29-14-12-27)26(33)32(25)16-15-30-31-37(28,34)35/h9-10,17-21,25,29-31H,5-8,11-16H2,1-4H3,(H2,28,34,35). The van der Waals surface area contributed by atoms with Crippen molar-refractivity contribution in [1.29, 1.82) is 0 Å². The maximum absolute atomic E-state index is 14.4. The smallest absolute Gasteiger partial charge is 0.287 e. The van der Waals surface area contributed by atoms with Crippen molar-refractivity contribution in [2.24, 2.45) is 22.9 Å². The monoisotopic (exact) mass is 535 g/mol. The Labute approximate surface area is 222 Å². The maximum Gasteiger partial charge on any atom is 0.287 e. The molecule has 1 saturated carbocycles. The Kier molecular flexibility index (Phi) is 8.85. The van der Waals surface area contributed by atoms with Crippen LogP contribution in [0, 0.1) is 17.8 Å².